The van der Waals surface area contributed by atoms with Gasteiger partial charge in [0.2, 0.25) is 5.89 Å². The molecule has 2 heterocycles. The number of aryl methyl sites for hydroxylation is 1. The maximum atomic E-state index is 5.56. The van der Waals surface area contributed by atoms with Gasteiger partial charge < -0.3 is 10.2 Å². The van der Waals surface area contributed by atoms with Gasteiger partial charge in [-0.25, -0.2) is 9.97 Å². The minimum atomic E-state index is 0.530. The molecule has 0 spiro atoms. The van der Waals surface area contributed by atoms with E-state index in [0.717, 1.165) is 21.9 Å². The second-order valence-electron chi connectivity index (χ2n) is 4.72. The zero-order valence-electron chi connectivity index (χ0n) is 11.6. The number of hydrogen-bond acceptors (Lipinski definition) is 5. The van der Waals surface area contributed by atoms with E-state index in [1.54, 1.807) is 30.3 Å². The largest absolute Gasteiger partial charge is 0.444 e. The molecular formula is C16H15N3OS. The minimum Gasteiger partial charge on any atom is -0.444 e. The van der Waals surface area contributed by atoms with Crippen LogP contribution in [0.25, 0.3) is 11.5 Å². The summed E-state index contributed by atoms with van der Waals surface area (Å²) in [5.74, 6) is 1.92. The molecule has 4 nitrogen and oxygen atoms in total. The summed E-state index contributed by atoms with van der Waals surface area (Å²) in [5, 5.41) is 0. The number of anilines is 1. The summed E-state index contributed by atoms with van der Waals surface area (Å²) in [6.45, 7) is 2.06. The van der Waals surface area contributed by atoms with Crippen LogP contribution in [-0.4, -0.2) is 9.97 Å². The molecule has 0 fully saturated rings. The van der Waals surface area contributed by atoms with Gasteiger partial charge in [0.25, 0.3) is 0 Å². The first-order valence-electron chi connectivity index (χ1n) is 6.56. The molecule has 5 heteroatoms. The van der Waals surface area contributed by atoms with E-state index in [1.807, 2.05) is 30.3 Å². The van der Waals surface area contributed by atoms with Crippen LogP contribution in [0.5, 0.6) is 0 Å². The highest BCUT2D eigenvalue weighted by Gasteiger charge is 2.07. The van der Waals surface area contributed by atoms with Gasteiger partial charge in [0, 0.05) is 22.4 Å². The molecule has 0 bridgehead atoms. The fourth-order valence-corrected chi connectivity index (χ4v) is 2.58. The Morgan fingerprint density at radius 2 is 1.95 bits per heavy atom. The van der Waals surface area contributed by atoms with E-state index in [0.29, 0.717) is 11.7 Å². The summed E-state index contributed by atoms with van der Waals surface area (Å²) in [4.78, 5) is 9.64. The van der Waals surface area contributed by atoms with Gasteiger partial charge in [-0.05, 0) is 31.2 Å². The zero-order valence-corrected chi connectivity index (χ0v) is 12.4. The van der Waals surface area contributed by atoms with Gasteiger partial charge in [-0.2, -0.15) is 0 Å². The summed E-state index contributed by atoms with van der Waals surface area (Å²) < 4.78 is 5.54. The lowest BCUT2D eigenvalue weighted by atomic mass is 10.1. The molecule has 21 heavy (non-hydrogen) atoms. The molecule has 2 aromatic heterocycles. The fraction of sp³-hybridized carbons (Fsp3) is 0.125. The zero-order chi connectivity index (χ0) is 14.7. The Morgan fingerprint density at radius 3 is 2.67 bits per heavy atom. The third-order valence-electron chi connectivity index (χ3n) is 3.00. The normalized spacial score (nSPS) is 10.7. The van der Waals surface area contributed by atoms with Crippen molar-refractivity contribution in [2.24, 2.45) is 0 Å². The van der Waals surface area contributed by atoms with Crippen molar-refractivity contribution in [1.82, 2.24) is 9.97 Å². The number of rotatable bonds is 4. The molecular weight excluding hydrogens is 282 g/mol. The van der Waals surface area contributed by atoms with Gasteiger partial charge in [-0.15, -0.1) is 11.8 Å². The predicted octanol–water partition coefficient (Wildman–Crippen LogP) is 3.92. The maximum Gasteiger partial charge on any atom is 0.226 e. The molecule has 1 aromatic carbocycles. The smallest absolute Gasteiger partial charge is 0.226 e. The first-order valence-corrected chi connectivity index (χ1v) is 7.55. The highest BCUT2D eigenvalue weighted by molar-refractivity contribution is 7.98. The molecule has 0 unspecified atom stereocenters. The number of nitrogen functional groups attached to an aromatic ring is 1. The van der Waals surface area contributed by atoms with Crippen LogP contribution >= 0.6 is 11.8 Å². The third kappa shape index (κ3) is 3.44. The van der Waals surface area contributed by atoms with Gasteiger partial charge in [0.1, 0.15) is 12.1 Å². The number of hydrogen-bond donors (Lipinski definition) is 1. The molecule has 0 aliphatic carbocycles. The van der Waals surface area contributed by atoms with Crippen LogP contribution < -0.4 is 5.73 Å². The maximum absolute atomic E-state index is 5.56. The molecule has 2 N–H and O–H groups in total. The van der Waals surface area contributed by atoms with Gasteiger partial charge in [-0.3, -0.25) is 0 Å². The van der Waals surface area contributed by atoms with Crippen molar-refractivity contribution in [2.45, 2.75) is 17.6 Å². The van der Waals surface area contributed by atoms with E-state index >= 15 is 0 Å². The second kappa shape index (κ2) is 6.01. The molecule has 0 aliphatic rings. The molecule has 3 aromatic rings. The van der Waals surface area contributed by atoms with Gasteiger partial charge in [0.15, 0.2) is 0 Å². The van der Waals surface area contributed by atoms with Gasteiger partial charge in [-0.1, -0.05) is 17.7 Å². The minimum absolute atomic E-state index is 0.530. The van der Waals surface area contributed by atoms with Crippen LogP contribution in [0.15, 0.2) is 58.2 Å². The SMILES string of the molecule is Cc1ccc(-c2nc(CSc3ccc(N)nc3)co2)cc1. The van der Waals surface area contributed by atoms with E-state index in [2.05, 4.69) is 16.9 Å². The van der Waals surface area contributed by atoms with Crippen molar-refractivity contribution in [3.8, 4) is 11.5 Å². The van der Waals surface area contributed by atoms with E-state index in [-0.39, 0.29) is 0 Å². The van der Waals surface area contributed by atoms with Gasteiger partial charge >= 0.3 is 0 Å². The second-order valence-corrected chi connectivity index (χ2v) is 5.77. The monoisotopic (exact) mass is 297 g/mol. The van der Waals surface area contributed by atoms with Gasteiger partial charge in [0.05, 0.1) is 5.69 Å². The summed E-state index contributed by atoms with van der Waals surface area (Å²) in [7, 11) is 0. The van der Waals surface area contributed by atoms with Crippen LogP contribution in [0, 0.1) is 6.92 Å². The van der Waals surface area contributed by atoms with Crippen molar-refractivity contribution in [3.63, 3.8) is 0 Å². The lowest BCUT2D eigenvalue weighted by Crippen LogP contribution is -1.88. The lowest BCUT2D eigenvalue weighted by Gasteiger charge is -1.98. The molecule has 106 valence electrons. The van der Waals surface area contributed by atoms with Crippen molar-refractivity contribution in [2.75, 3.05) is 5.73 Å². The Bertz CT molecular complexity index is 720. The summed E-state index contributed by atoms with van der Waals surface area (Å²) in [5.41, 5.74) is 8.69. The van der Waals surface area contributed by atoms with E-state index in [4.69, 9.17) is 10.2 Å². The number of thioether (sulfide) groups is 1. The molecule has 0 atom stereocenters. The van der Waals surface area contributed by atoms with E-state index < -0.39 is 0 Å². The summed E-state index contributed by atoms with van der Waals surface area (Å²) in [6.07, 6.45) is 3.47. The van der Waals surface area contributed by atoms with Crippen LogP contribution in [0.1, 0.15) is 11.3 Å². The van der Waals surface area contributed by atoms with Crippen molar-refractivity contribution in [1.29, 1.82) is 0 Å². The van der Waals surface area contributed by atoms with Crippen molar-refractivity contribution >= 4 is 17.6 Å². The van der Waals surface area contributed by atoms with Crippen LogP contribution in [0.2, 0.25) is 0 Å². The molecule has 3 rings (SSSR count). The topological polar surface area (TPSA) is 64.9 Å². The average molecular weight is 297 g/mol. The number of benzene rings is 1. The lowest BCUT2D eigenvalue weighted by molar-refractivity contribution is 0.573. The van der Waals surface area contributed by atoms with E-state index in [9.17, 15) is 0 Å². The van der Waals surface area contributed by atoms with Crippen molar-refractivity contribution in [3.05, 3.63) is 60.1 Å². The van der Waals surface area contributed by atoms with E-state index in [1.165, 1.54) is 5.56 Å². The Kier molecular flexibility index (Phi) is 3.92. The summed E-state index contributed by atoms with van der Waals surface area (Å²) >= 11 is 1.65. The van der Waals surface area contributed by atoms with Crippen LogP contribution in [0.4, 0.5) is 5.82 Å². The first kappa shape index (κ1) is 13.7. The van der Waals surface area contributed by atoms with Crippen LogP contribution in [-0.2, 0) is 5.75 Å². The average Bonchev–Trinajstić information content (AvgIpc) is 2.96. The third-order valence-corrected chi connectivity index (χ3v) is 4.01. The summed E-state index contributed by atoms with van der Waals surface area (Å²) in [6, 6.07) is 11.9. The number of pyridine rings is 1. The first-order chi connectivity index (χ1) is 10.2. The number of nitrogens with two attached hydrogens (primary N) is 1. The Balaban J connectivity index is 1.67. The number of nitrogens with zero attached hydrogens (tertiary/aromatic N) is 2. The number of oxazole rings is 1. The molecule has 0 aliphatic heterocycles. The molecule has 0 radical (unpaired) electrons. The predicted molar refractivity (Wildman–Crippen MR) is 84.9 cm³/mol. The molecule has 0 amide bonds. The Hall–Kier alpha value is -2.27. The fourth-order valence-electron chi connectivity index (χ4n) is 1.84. The molecule has 0 saturated carbocycles. The van der Waals surface area contributed by atoms with Crippen molar-refractivity contribution < 1.29 is 4.42 Å². The van der Waals surface area contributed by atoms with Crippen LogP contribution in [0.3, 0.4) is 0 Å². The Labute approximate surface area is 127 Å². The highest BCUT2D eigenvalue weighted by atomic mass is 32.2. The highest BCUT2D eigenvalue weighted by Crippen LogP contribution is 2.25. The molecule has 0 saturated heterocycles. The standard InChI is InChI=1S/C16H15N3OS/c1-11-2-4-12(5-3-11)16-19-13(9-20-16)10-21-14-6-7-15(17)18-8-14/h2-9H,10H2,1H3,(H2,17,18). The number of aromatic nitrogens is 2. The Morgan fingerprint density at radius 1 is 1.14 bits per heavy atom. The quantitative estimate of drug-likeness (QED) is 0.739.